The highest BCUT2D eigenvalue weighted by molar-refractivity contribution is 9.09. The number of halogens is 2. The maximum Gasteiger partial charge on any atom is 0.0651 e. The molecule has 0 saturated heterocycles. The molecule has 0 fully saturated rings. The first kappa shape index (κ1) is 13.7. The molecule has 0 aliphatic rings. The molecule has 2 heteroatoms. The first-order chi connectivity index (χ1) is 9.65. The Morgan fingerprint density at radius 2 is 1.70 bits per heavy atom. The predicted molar refractivity (Wildman–Crippen MR) is 90.9 cm³/mol. The Labute approximate surface area is 132 Å². The largest absolute Gasteiger partial charge is 0.0843 e. The Morgan fingerprint density at radius 3 is 2.50 bits per heavy atom. The average Bonchev–Trinajstić information content (AvgIpc) is 2.45. The van der Waals surface area contributed by atoms with Crippen molar-refractivity contribution in [1.82, 2.24) is 0 Å². The molecule has 1 unspecified atom stereocenters. The van der Waals surface area contributed by atoms with Crippen molar-refractivity contribution in [3.05, 3.63) is 82.4 Å². The van der Waals surface area contributed by atoms with Gasteiger partial charge in [-0.3, -0.25) is 0 Å². The molecule has 0 aromatic heterocycles. The van der Waals surface area contributed by atoms with E-state index in [1.807, 2.05) is 12.1 Å². The zero-order valence-corrected chi connectivity index (χ0v) is 13.4. The summed E-state index contributed by atoms with van der Waals surface area (Å²) < 4.78 is 0. The summed E-state index contributed by atoms with van der Waals surface area (Å²) >= 11 is 10.0. The van der Waals surface area contributed by atoms with E-state index in [9.17, 15) is 0 Å². The number of aryl methyl sites for hydroxylation is 1. The zero-order chi connectivity index (χ0) is 14.1. The molecule has 0 spiro atoms. The van der Waals surface area contributed by atoms with E-state index >= 15 is 0 Å². The highest BCUT2D eigenvalue weighted by Gasteiger charge is 2.14. The van der Waals surface area contributed by atoms with Crippen LogP contribution in [-0.2, 0) is 0 Å². The molecule has 3 aromatic rings. The summed E-state index contributed by atoms with van der Waals surface area (Å²) in [5, 5.41) is 3.31. The highest BCUT2D eigenvalue weighted by Crippen LogP contribution is 2.36. The van der Waals surface area contributed by atoms with Crippen LogP contribution in [-0.4, -0.2) is 0 Å². The second kappa shape index (κ2) is 5.59. The molecule has 0 bridgehead atoms. The molecule has 3 aromatic carbocycles. The monoisotopic (exact) mass is 344 g/mol. The first-order valence-corrected chi connectivity index (χ1v) is 7.83. The number of hydrogen-bond acceptors (Lipinski definition) is 0. The molecule has 100 valence electrons. The van der Waals surface area contributed by atoms with Gasteiger partial charge in [0.25, 0.3) is 0 Å². The van der Waals surface area contributed by atoms with Crippen molar-refractivity contribution in [2.75, 3.05) is 0 Å². The molecule has 1 atom stereocenters. The van der Waals surface area contributed by atoms with Gasteiger partial charge < -0.3 is 0 Å². The van der Waals surface area contributed by atoms with Gasteiger partial charge in [0.2, 0.25) is 0 Å². The van der Waals surface area contributed by atoms with Crippen LogP contribution in [0.1, 0.15) is 21.5 Å². The molecule has 20 heavy (non-hydrogen) atoms. The van der Waals surface area contributed by atoms with Crippen molar-refractivity contribution < 1.29 is 0 Å². The summed E-state index contributed by atoms with van der Waals surface area (Å²) in [5.41, 5.74) is 3.63. The van der Waals surface area contributed by atoms with Gasteiger partial charge in [-0.25, -0.2) is 0 Å². The minimum atomic E-state index is 0.144. The number of rotatable bonds is 2. The lowest BCUT2D eigenvalue weighted by Crippen LogP contribution is -1.95. The summed E-state index contributed by atoms with van der Waals surface area (Å²) in [6.45, 7) is 2.07. The van der Waals surface area contributed by atoms with Gasteiger partial charge in [0.15, 0.2) is 0 Å². The summed E-state index contributed by atoms with van der Waals surface area (Å²) in [4.78, 5) is 0.144. The van der Waals surface area contributed by atoms with Gasteiger partial charge in [0.1, 0.15) is 0 Å². The summed E-state index contributed by atoms with van der Waals surface area (Å²) in [5.74, 6) is 0. The van der Waals surface area contributed by atoms with Crippen LogP contribution in [0.3, 0.4) is 0 Å². The van der Waals surface area contributed by atoms with Crippen molar-refractivity contribution in [2.45, 2.75) is 11.8 Å². The Hall–Kier alpha value is -1.31. The standard InChI is InChI=1S/C18H14BrCl/c1-12-9-14(11-15(20)10-12)18(19)17-8-4-6-13-5-2-3-7-16(13)17/h2-11,18H,1H3. The fraction of sp³-hybridized carbons (Fsp3) is 0.111. The molecule has 0 amide bonds. The molecular weight excluding hydrogens is 332 g/mol. The van der Waals surface area contributed by atoms with E-state index in [-0.39, 0.29) is 4.83 Å². The summed E-state index contributed by atoms with van der Waals surface area (Å²) in [6, 6.07) is 21.0. The molecule has 0 N–H and O–H groups in total. The Bertz CT molecular complexity index is 739. The van der Waals surface area contributed by atoms with Gasteiger partial charge in [0.05, 0.1) is 4.83 Å². The number of alkyl halides is 1. The van der Waals surface area contributed by atoms with E-state index in [4.69, 9.17) is 11.6 Å². The van der Waals surface area contributed by atoms with Crippen LogP contribution >= 0.6 is 27.5 Å². The second-order valence-electron chi connectivity index (χ2n) is 4.99. The molecular formula is C18H14BrCl. The van der Waals surface area contributed by atoms with Crippen molar-refractivity contribution >= 4 is 38.3 Å². The molecule has 0 heterocycles. The van der Waals surface area contributed by atoms with Crippen molar-refractivity contribution in [3.8, 4) is 0 Å². The van der Waals surface area contributed by atoms with Gasteiger partial charge in [-0.05, 0) is 46.5 Å². The summed E-state index contributed by atoms with van der Waals surface area (Å²) in [6.07, 6.45) is 0. The lowest BCUT2D eigenvalue weighted by Gasteiger charge is -2.15. The van der Waals surface area contributed by atoms with Crippen LogP contribution in [0.5, 0.6) is 0 Å². The van der Waals surface area contributed by atoms with Gasteiger partial charge in [-0.1, -0.05) is 76.1 Å². The quantitative estimate of drug-likeness (QED) is 0.479. The van der Waals surface area contributed by atoms with E-state index in [1.54, 1.807) is 0 Å². The third kappa shape index (κ3) is 2.61. The van der Waals surface area contributed by atoms with E-state index < -0.39 is 0 Å². The lowest BCUT2D eigenvalue weighted by molar-refractivity contribution is 1.19. The SMILES string of the molecule is Cc1cc(Cl)cc(C(Br)c2cccc3ccccc23)c1. The van der Waals surface area contributed by atoms with Gasteiger partial charge in [-0.15, -0.1) is 0 Å². The lowest BCUT2D eigenvalue weighted by atomic mass is 9.97. The van der Waals surface area contributed by atoms with E-state index in [0.29, 0.717) is 0 Å². The number of fused-ring (bicyclic) bond motifs is 1. The average molecular weight is 346 g/mol. The van der Waals surface area contributed by atoms with Gasteiger partial charge in [0, 0.05) is 5.02 Å². The molecule has 3 rings (SSSR count). The molecule has 0 nitrogen and oxygen atoms in total. The van der Waals surface area contributed by atoms with E-state index in [1.165, 1.54) is 27.5 Å². The molecule has 0 saturated carbocycles. The highest BCUT2D eigenvalue weighted by atomic mass is 79.9. The number of hydrogen-bond donors (Lipinski definition) is 0. The van der Waals surface area contributed by atoms with Crippen molar-refractivity contribution in [1.29, 1.82) is 0 Å². The van der Waals surface area contributed by atoms with Crippen LogP contribution in [0.2, 0.25) is 5.02 Å². The van der Waals surface area contributed by atoms with Crippen LogP contribution in [0.15, 0.2) is 60.7 Å². The first-order valence-electron chi connectivity index (χ1n) is 6.54. The maximum absolute atomic E-state index is 6.18. The Balaban J connectivity index is 2.15. The smallest absolute Gasteiger partial charge is 0.0651 e. The summed E-state index contributed by atoms with van der Waals surface area (Å²) in [7, 11) is 0. The van der Waals surface area contributed by atoms with Gasteiger partial charge in [-0.2, -0.15) is 0 Å². The normalized spacial score (nSPS) is 12.6. The fourth-order valence-corrected chi connectivity index (χ4v) is 3.52. The van der Waals surface area contributed by atoms with Gasteiger partial charge >= 0.3 is 0 Å². The Kier molecular flexibility index (Phi) is 3.82. The van der Waals surface area contributed by atoms with Crippen molar-refractivity contribution in [3.63, 3.8) is 0 Å². The maximum atomic E-state index is 6.18. The molecule has 0 aliphatic carbocycles. The third-order valence-electron chi connectivity index (χ3n) is 3.45. The molecule has 0 radical (unpaired) electrons. The minimum Gasteiger partial charge on any atom is -0.0843 e. The second-order valence-corrected chi connectivity index (χ2v) is 6.34. The van der Waals surface area contributed by atoms with Crippen LogP contribution < -0.4 is 0 Å². The van der Waals surface area contributed by atoms with Crippen LogP contribution in [0.25, 0.3) is 10.8 Å². The fourth-order valence-electron chi connectivity index (χ4n) is 2.56. The zero-order valence-electron chi connectivity index (χ0n) is 11.1. The topological polar surface area (TPSA) is 0 Å². The van der Waals surface area contributed by atoms with Crippen molar-refractivity contribution in [2.24, 2.45) is 0 Å². The van der Waals surface area contributed by atoms with Crippen LogP contribution in [0.4, 0.5) is 0 Å². The van der Waals surface area contributed by atoms with E-state index in [0.717, 1.165) is 5.02 Å². The molecule has 0 aliphatic heterocycles. The Morgan fingerprint density at radius 1 is 0.950 bits per heavy atom. The number of benzene rings is 3. The third-order valence-corrected chi connectivity index (χ3v) is 4.69. The van der Waals surface area contributed by atoms with Crippen LogP contribution in [0, 0.1) is 6.92 Å². The predicted octanol–water partition coefficient (Wildman–Crippen LogP) is 6.29. The minimum absolute atomic E-state index is 0.144. The van der Waals surface area contributed by atoms with E-state index in [2.05, 4.69) is 71.4 Å².